The maximum absolute atomic E-state index is 13.4. The zero-order valence-electron chi connectivity index (χ0n) is 21.6. The Balaban J connectivity index is 0.000000349. The lowest BCUT2D eigenvalue weighted by Crippen LogP contribution is -2.45. The molecular weight excluding hydrogens is 565 g/mol. The van der Waals surface area contributed by atoms with Gasteiger partial charge in [-0.1, -0.05) is 42.5 Å². The van der Waals surface area contributed by atoms with Gasteiger partial charge in [-0.05, 0) is 24.6 Å². The van der Waals surface area contributed by atoms with Crippen molar-refractivity contribution in [3.8, 4) is 11.4 Å². The molecule has 0 spiro atoms. The first kappa shape index (κ1) is 33.2. The molecule has 0 aliphatic carbocycles. The van der Waals surface area contributed by atoms with Crippen LogP contribution in [-0.2, 0) is 22.7 Å². The number of rotatable bonds is 5. The van der Waals surface area contributed by atoms with Crippen LogP contribution < -0.4 is 0 Å². The molecule has 0 amide bonds. The molecule has 8 nitrogen and oxygen atoms in total. The number of carboxylic acid groups (broad SMARTS) is 2. The van der Waals surface area contributed by atoms with Gasteiger partial charge in [0.15, 0.2) is 0 Å². The predicted octanol–water partition coefficient (Wildman–Crippen LogP) is 5.11. The largest absolute Gasteiger partial charge is 0.490 e. The minimum atomic E-state index is -5.08. The van der Waals surface area contributed by atoms with Gasteiger partial charge in [0, 0.05) is 50.5 Å². The molecular formula is C26H27F7N4O4. The first-order chi connectivity index (χ1) is 19.1. The highest BCUT2D eigenvalue weighted by Crippen LogP contribution is 2.20. The first-order valence-electron chi connectivity index (χ1n) is 12.0. The average molecular weight is 593 g/mol. The third-order valence-corrected chi connectivity index (χ3v) is 5.65. The van der Waals surface area contributed by atoms with Crippen molar-refractivity contribution in [2.45, 2.75) is 32.4 Å². The van der Waals surface area contributed by atoms with E-state index in [1.165, 1.54) is 6.07 Å². The number of aryl methyl sites for hydroxylation is 1. The van der Waals surface area contributed by atoms with Crippen molar-refractivity contribution in [3.05, 3.63) is 77.4 Å². The number of halogens is 7. The molecule has 1 aliphatic rings. The van der Waals surface area contributed by atoms with Crippen LogP contribution in [0.4, 0.5) is 30.7 Å². The lowest BCUT2D eigenvalue weighted by molar-refractivity contribution is -0.193. The summed E-state index contributed by atoms with van der Waals surface area (Å²) in [5.41, 5.74) is 4.41. The number of aromatic nitrogens is 2. The predicted molar refractivity (Wildman–Crippen MR) is 133 cm³/mol. The van der Waals surface area contributed by atoms with Crippen molar-refractivity contribution in [1.29, 1.82) is 0 Å². The van der Waals surface area contributed by atoms with Gasteiger partial charge < -0.3 is 15.2 Å². The molecule has 3 N–H and O–H groups in total. The van der Waals surface area contributed by atoms with Crippen LogP contribution in [0.15, 0.2) is 54.6 Å². The van der Waals surface area contributed by atoms with E-state index >= 15 is 0 Å². The van der Waals surface area contributed by atoms with Gasteiger partial charge in [0.25, 0.3) is 0 Å². The summed E-state index contributed by atoms with van der Waals surface area (Å²) in [5.74, 6) is -4.73. The highest BCUT2D eigenvalue weighted by Gasteiger charge is 2.38. The van der Waals surface area contributed by atoms with Crippen LogP contribution in [0.5, 0.6) is 0 Å². The van der Waals surface area contributed by atoms with E-state index in [0.29, 0.717) is 0 Å². The monoisotopic (exact) mass is 592 g/mol. The molecule has 1 aromatic heterocycles. The molecule has 15 heteroatoms. The van der Waals surface area contributed by atoms with Crippen molar-refractivity contribution in [1.82, 2.24) is 19.8 Å². The standard InChI is InChI=1S/C22H25FN4.2C2HF3O2/c1-17-21(25-22(24-17)19-7-3-2-4-8-19)16-27-12-10-26(11-13-27)15-18-6-5-9-20(23)14-18;2*3-2(4,5)1(6)7/h2-9,14H,10-13,15-16H2,1H3,(H,24,25);2*(H,6,7). The summed E-state index contributed by atoms with van der Waals surface area (Å²) in [6.45, 7) is 7.75. The highest BCUT2D eigenvalue weighted by atomic mass is 19.4. The summed E-state index contributed by atoms with van der Waals surface area (Å²) >= 11 is 0. The lowest BCUT2D eigenvalue weighted by Gasteiger charge is -2.34. The van der Waals surface area contributed by atoms with Crippen molar-refractivity contribution in [2.24, 2.45) is 0 Å². The second-order valence-electron chi connectivity index (χ2n) is 8.81. The number of imidazole rings is 1. The fourth-order valence-electron chi connectivity index (χ4n) is 3.59. The van der Waals surface area contributed by atoms with E-state index in [9.17, 15) is 30.7 Å². The van der Waals surface area contributed by atoms with Gasteiger partial charge in [-0.15, -0.1) is 0 Å². The number of carbonyl (C=O) groups is 2. The van der Waals surface area contributed by atoms with E-state index in [1.807, 2.05) is 24.3 Å². The van der Waals surface area contributed by atoms with Crippen LogP contribution in [0.25, 0.3) is 11.4 Å². The summed E-state index contributed by atoms with van der Waals surface area (Å²) in [4.78, 5) is 30.9. The summed E-state index contributed by atoms with van der Waals surface area (Å²) < 4.78 is 76.8. The van der Waals surface area contributed by atoms with Crippen LogP contribution in [0.1, 0.15) is 17.0 Å². The van der Waals surface area contributed by atoms with Crippen molar-refractivity contribution < 1.29 is 50.5 Å². The first-order valence-corrected chi connectivity index (χ1v) is 12.0. The number of hydrogen-bond donors (Lipinski definition) is 3. The van der Waals surface area contributed by atoms with Gasteiger partial charge in [-0.2, -0.15) is 26.3 Å². The fourth-order valence-corrected chi connectivity index (χ4v) is 3.59. The molecule has 224 valence electrons. The summed E-state index contributed by atoms with van der Waals surface area (Å²) in [5, 5.41) is 14.2. The van der Waals surface area contributed by atoms with Gasteiger partial charge >= 0.3 is 24.3 Å². The number of piperazine rings is 1. The molecule has 0 bridgehead atoms. The number of H-pyrrole nitrogens is 1. The Morgan fingerprint density at radius 3 is 1.78 bits per heavy atom. The van der Waals surface area contributed by atoms with E-state index in [-0.39, 0.29) is 5.82 Å². The minimum absolute atomic E-state index is 0.158. The van der Waals surface area contributed by atoms with Crippen molar-refractivity contribution >= 4 is 11.9 Å². The second-order valence-corrected chi connectivity index (χ2v) is 8.81. The summed E-state index contributed by atoms with van der Waals surface area (Å²) in [6.07, 6.45) is -10.2. The van der Waals surface area contributed by atoms with Gasteiger partial charge in [-0.3, -0.25) is 9.80 Å². The molecule has 1 saturated heterocycles. The lowest BCUT2D eigenvalue weighted by atomic mass is 10.2. The van der Waals surface area contributed by atoms with Crippen LogP contribution in [0.3, 0.4) is 0 Å². The SMILES string of the molecule is Cc1[nH]c(-c2ccccc2)nc1CN1CCN(Cc2cccc(F)c2)CC1.O=C(O)C(F)(F)F.O=C(O)C(F)(F)F. The normalized spacial score (nSPS) is 14.3. The number of hydrogen-bond acceptors (Lipinski definition) is 5. The number of aromatic amines is 1. The Labute approximate surface area is 230 Å². The second kappa shape index (κ2) is 14.6. The number of alkyl halides is 6. The van der Waals surface area contributed by atoms with Crippen LogP contribution >= 0.6 is 0 Å². The minimum Gasteiger partial charge on any atom is -0.475 e. The molecule has 0 saturated carbocycles. The number of carboxylic acids is 2. The van der Waals surface area contributed by atoms with E-state index in [0.717, 1.165) is 67.6 Å². The number of aliphatic carboxylic acids is 2. The number of nitrogens with one attached hydrogen (secondary N) is 1. The highest BCUT2D eigenvalue weighted by molar-refractivity contribution is 5.73. The third kappa shape index (κ3) is 11.6. The van der Waals surface area contributed by atoms with Crippen LogP contribution in [0, 0.1) is 12.7 Å². The average Bonchev–Trinajstić information content (AvgIpc) is 3.25. The Morgan fingerprint density at radius 1 is 0.829 bits per heavy atom. The Morgan fingerprint density at radius 2 is 1.32 bits per heavy atom. The molecule has 1 fully saturated rings. The summed E-state index contributed by atoms with van der Waals surface area (Å²) in [7, 11) is 0. The quantitative estimate of drug-likeness (QED) is 0.354. The zero-order valence-corrected chi connectivity index (χ0v) is 21.6. The van der Waals surface area contributed by atoms with Gasteiger partial charge in [-0.25, -0.2) is 19.0 Å². The third-order valence-electron chi connectivity index (χ3n) is 5.65. The van der Waals surface area contributed by atoms with Crippen LogP contribution in [-0.4, -0.2) is 80.5 Å². The topological polar surface area (TPSA) is 110 Å². The smallest absolute Gasteiger partial charge is 0.475 e. The van der Waals surface area contributed by atoms with Gasteiger partial charge in [0.2, 0.25) is 0 Å². The van der Waals surface area contributed by atoms with E-state index in [2.05, 4.69) is 33.8 Å². The molecule has 0 atom stereocenters. The molecule has 2 heterocycles. The number of nitrogens with zero attached hydrogens (tertiary/aromatic N) is 3. The molecule has 0 radical (unpaired) electrons. The maximum Gasteiger partial charge on any atom is 0.490 e. The van der Waals surface area contributed by atoms with E-state index in [1.54, 1.807) is 12.1 Å². The fraction of sp³-hybridized carbons (Fsp3) is 0.346. The molecule has 4 rings (SSSR count). The molecule has 2 aromatic carbocycles. The Kier molecular flexibility index (Phi) is 11.8. The zero-order chi connectivity index (χ0) is 30.8. The summed E-state index contributed by atoms with van der Waals surface area (Å²) in [6, 6.07) is 17.1. The van der Waals surface area contributed by atoms with Crippen molar-refractivity contribution in [2.75, 3.05) is 26.2 Å². The van der Waals surface area contributed by atoms with Gasteiger partial charge in [0.05, 0.1) is 5.69 Å². The van der Waals surface area contributed by atoms with E-state index in [4.69, 9.17) is 24.8 Å². The van der Waals surface area contributed by atoms with Crippen LogP contribution in [0.2, 0.25) is 0 Å². The molecule has 1 aliphatic heterocycles. The Bertz CT molecular complexity index is 1250. The number of benzene rings is 2. The molecule has 3 aromatic rings. The molecule has 41 heavy (non-hydrogen) atoms. The molecule has 0 unspecified atom stereocenters. The van der Waals surface area contributed by atoms with E-state index < -0.39 is 24.3 Å². The maximum atomic E-state index is 13.4. The van der Waals surface area contributed by atoms with Crippen molar-refractivity contribution in [3.63, 3.8) is 0 Å². The van der Waals surface area contributed by atoms with Gasteiger partial charge in [0.1, 0.15) is 11.6 Å². The Hall–Kier alpha value is -3.98.